The fourth-order valence-corrected chi connectivity index (χ4v) is 5.01. The average molecular weight is 626 g/mol. The molecule has 0 saturated carbocycles. The summed E-state index contributed by atoms with van der Waals surface area (Å²) in [6.45, 7) is 4.15. The van der Waals surface area contributed by atoms with E-state index in [1.54, 1.807) is 0 Å². The summed E-state index contributed by atoms with van der Waals surface area (Å²) in [5.41, 5.74) is 4.52. The Bertz CT molecular complexity index is 785. The monoisotopic (exact) mass is 622 g/mol. The summed E-state index contributed by atoms with van der Waals surface area (Å²) in [5.74, 6) is 0. The molecule has 4 rings (SSSR count). The number of hydrogen-bond acceptors (Lipinski definition) is 3. The van der Waals surface area contributed by atoms with E-state index in [0.29, 0.717) is 0 Å². The first kappa shape index (κ1) is 20.5. The number of rotatable bonds is 6. The molecule has 2 fully saturated rings. The zero-order chi connectivity index (χ0) is 19.4. The first-order valence-corrected chi connectivity index (χ1v) is 11.7. The molecule has 7 heteroatoms. The van der Waals surface area contributed by atoms with Gasteiger partial charge in [-0.2, -0.15) is 0 Å². The number of epoxide rings is 2. The third-order valence-corrected chi connectivity index (χ3v) is 7.25. The van der Waals surface area contributed by atoms with Gasteiger partial charge in [-0.15, -0.1) is 0 Å². The molecule has 0 amide bonds. The van der Waals surface area contributed by atoms with Gasteiger partial charge in [0, 0.05) is 0 Å². The van der Waals surface area contributed by atoms with Crippen LogP contribution in [0.4, 0.5) is 0 Å². The van der Waals surface area contributed by atoms with Crippen molar-refractivity contribution in [1.82, 2.24) is 0 Å². The minimum absolute atomic E-state index is 0.148. The topological polar surface area (TPSA) is 34.3 Å². The Labute approximate surface area is 192 Å². The summed E-state index contributed by atoms with van der Waals surface area (Å²) < 4.78 is 17.2. The lowest BCUT2D eigenvalue weighted by Crippen LogP contribution is -2.22. The molecule has 2 saturated heterocycles. The van der Waals surface area contributed by atoms with Crippen LogP contribution in [0.25, 0.3) is 0 Å². The van der Waals surface area contributed by atoms with Gasteiger partial charge in [0.1, 0.15) is 24.4 Å². The summed E-state index contributed by atoms with van der Waals surface area (Å²) in [5, 5.41) is 0. The predicted molar refractivity (Wildman–Crippen MR) is 120 cm³/mol. The second-order valence-electron chi connectivity index (χ2n) is 7.01. The normalized spacial score (nSPS) is 27.0. The Hall–Kier alpha value is 0.240. The number of aryl methyl sites for hydroxylation is 2. The maximum Gasteiger partial charge on any atom is 0.207 e. The van der Waals surface area contributed by atoms with E-state index >= 15 is 0 Å². The highest BCUT2D eigenvalue weighted by Gasteiger charge is 2.62. The molecule has 2 aliphatic rings. The minimum Gasteiger partial charge on any atom is -0.360 e. The number of halogens is 4. The van der Waals surface area contributed by atoms with Crippen LogP contribution in [0.15, 0.2) is 48.5 Å². The Morgan fingerprint density at radius 1 is 0.778 bits per heavy atom. The van der Waals surface area contributed by atoms with Gasteiger partial charge in [-0.1, -0.05) is 59.7 Å². The molecule has 0 aliphatic carbocycles. The van der Waals surface area contributed by atoms with Crippen LogP contribution in [0.3, 0.4) is 0 Å². The van der Waals surface area contributed by atoms with Crippen molar-refractivity contribution in [2.75, 3.05) is 0 Å². The quantitative estimate of drug-likeness (QED) is 0.262. The standard InChI is InChI=1S/C20H18Br4O3/c1-11-5-3-7-13(9-11)15(17-19(21,22)26-17)25-16(18-20(23,24)27-18)14-8-4-6-12(2)10-14/h3-10,15-18H,1-2H3. The van der Waals surface area contributed by atoms with E-state index in [2.05, 4.69) is 114 Å². The molecule has 2 aliphatic heterocycles. The molecule has 4 atom stereocenters. The largest absolute Gasteiger partial charge is 0.360 e. The highest BCUT2D eigenvalue weighted by Crippen LogP contribution is 2.59. The predicted octanol–water partition coefficient (Wildman–Crippen LogP) is 6.79. The molecule has 0 N–H and O–H groups in total. The molecule has 4 unspecified atom stereocenters. The lowest BCUT2D eigenvalue weighted by Gasteiger charge is -2.25. The van der Waals surface area contributed by atoms with Gasteiger partial charge in [-0.3, -0.25) is 0 Å². The van der Waals surface area contributed by atoms with Crippen molar-refractivity contribution in [3.63, 3.8) is 0 Å². The average Bonchev–Trinajstić information content (AvgIpc) is 3.42. The molecule has 0 bridgehead atoms. The van der Waals surface area contributed by atoms with Crippen LogP contribution in [-0.2, 0) is 14.2 Å². The van der Waals surface area contributed by atoms with E-state index in [0.717, 1.165) is 11.1 Å². The second-order valence-corrected chi connectivity index (χ2v) is 13.8. The van der Waals surface area contributed by atoms with Crippen LogP contribution in [0.5, 0.6) is 0 Å². The van der Waals surface area contributed by atoms with Crippen molar-refractivity contribution in [2.24, 2.45) is 0 Å². The highest BCUT2D eigenvalue weighted by atomic mass is 79.9. The SMILES string of the molecule is Cc1cccc(C(OC(c2cccc(C)c2)C2OC2(Br)Br)C2OC2(Br)Br)c1. The van der Waals surface area contributed by atoms with Gasteiger partial charge in [-0.05, 0) is 88.7 Å². The fraction of sp³-hybridized carbons (Fsp3) is 0.400. The fourth-order valence-electron chi connectivity index (χ4n) is 3.25. The molecule has 3 nitrogen and oxygen atoms in total. The van der Waals surface area contributed by atoms with Crippen molar-refractivity contribution in [3.05, 3.63) is 70.8 Å². The van der Waals surface area contributed by atoms with Crippen molar-refractivity contribution >= 4 is 63.7 Å². The molecule has 0 aromatic heterocycles. The lowest BCUT2D eigenvalue weighted by atomic mass is 10.0. The van der Waals surface area contributed by atoms with Crippen LogP contribution in [-0.4, -0.2) is 19.0 Å². The molecule has 2 heterocycles. The van der Waals surface area contributed by atoms with Gasteiger partial charge in [0.15, 0.2) is 0 Å². The van der Waals surface area contributed by atoms with Gasteiger partial charge in [0.2, 0.25) is 6.84 Å². The molecule has 0 radical (unpaired) electrons. The summed E-state index contributed by atoms with van der Waals surface area (Å²) >= 11 is 14.3. The van der Waals surface area contributed by atoms with E-state index in [-0.39, 0.29) is 24.4 Å². The molecular formula is C20H18Br4O3. The van der Waals surface area contributed by atoms with E-state index in [9.17, 15) is 0 Å². The van der Waals surface area contributed by atoms with Crippen LogP contribution in [0, 0.1) is 13.8 Å². The maximum absolute atomic E-state index is 6.68. The van der Waals surface area contributed by atoms with E-state index in [4.69, 9.17) is 14.2 Å². The van der Waals surface area contributed by atoms with Crippen molar-refractivity contribution < 1.29 is 14.2 Å². The molecule has 2 aromatic carbocycles. The lowest BCUT2D eigenvalue weighted by molar-refractivity contribution is -0.0420. The third kappa shape index (κ3) is 4.55. The summed E-state index contributed by atoms with van der Waals surface area (Å²) in [6, 6.07) is 16.7. The van der Waals surface area contributed by atoms with E-state index < -0.39 is 6.84 Å². The number of ether oxygens (including phenoxy) is 3. The third-order valence-electron chi connectivity index (χ3n) is 4.70. The summed E-state index contributed by atoms with van der Waals surface area (Å²) in [7, 11) is 0. The Balaban J connectivity index is 1.68. The molecule has 2 aromatic rings. The number of alkyl halides is 4. The smallest absolute Gasteiger partial charge is 0.207 e. The van der Waals surface area contributed by atoms with Gasteiger partial charge in [-0.25, -0.2) is 0 Å². The van der Waals surface area contributed by atoms with Gasteiger partial charge >= 0.3 is 0 Å². The highest BCUT2D eigenvalue weighted by molar-refractivity contribution is 9.25. The van der Waals surface area contributed by atoms with Gasteiger partial charge in [0.05, 0.1) is 0 Å². The summed E-state index contributed by atoms with van der Waals surface area (Å²) in [6.07, 6.45) is -0.806. The molecule has 0 spiro atoms. The number of hydrogen-bond donors (Lipinski definition) is 0. The van der Waals surface area contributed by atoms with Gasteiger partial charge in [0.25, 0.3) is 0 Å². The Morgan fingerprint density at radius 3 is 1.44 bits per heavy atom. The second kappa shape index (κ2) is 7.49. The van der Waals surface area contributed by atoms with Crippen molar-refractivity contribution in [3.8, 4) is 0 Å². The maximum atomic E-state index is 6.68. The molecule has 144 valence electrons. The first-order chi connectivity index (χ1) is 12.7. The van der Waals surface area contributed by atoms with E-state index in [1.807, 2.05) is 12.1 Å². The summed E-state index contributed by atoms with van der Waals surface area (Å²) in [4.78, 5) is 0. The van der Waals surface area contributed by atoms with Crippen LogP contribution < -0.4 is 0 Å². The van der Waals surface area contributed by atoms with Crippen molar-refractivity contribution in [2.45, 2.75) is 45.1 Å². The first-order valence-electron chi connectivity index (χ1n) is 8.57. The van der Waals surface area contributed by atoms with Crippen LogP contribution in [0.1, 0.15) is 34.5 Å². The minimum atomic E-state index is -0.560. The molecular weight excluding hydrogens is 608 g/mol. The number of benzene rings is 2. The van der Waals surface area contributed by atoms with E-state index in [1.165, 1.54) is 11.1 Å². The zero-order valence-electron chi connectivity index (χ0n) is 14.7. The zero-order valence-corrected chi connectivity index (χ0v) is 21.0. The Morgan fingerprint density at radius 2 is 1.15 bits per heavy atom. The Kier molecular flexibility index (Phi) is 5.69. The molecule has 27 heavy (non-hydrogen) atoms. The van der Waals surface area contributed by atoms with Crippen molar-refractivity contribution in [1.29, 1.82) is 0 Å². The van der Waals surface area contributed by atoms with Gasteiger partial charge < -0.3 is 14.2 Å². The van der Waals surface area contributed by atoms with Crippen LogP contribution in [0.2, 0.25) is 0 Å². The van der Waals surface area contributed by atoms with Crippen LogP contribution >= 0.6 is 63.7 Å².